The molecule has 0 aromatic heterocycles. The monoisotopic (exact) mass is 514 g/mol. The number of carbonyl (C=O) groups is 1. The normalized spacial score (nSPS) is 23.7. The number of ether oxygens (including phenoxy) is 1. The van der Waals surface area contributed by atoms with Gasteiger partial charge in [-0.15, -0.1) is 0 Å². The maximum absolute atomic E-state index is 13.2. The molecule has 2 fully saturated rings. The SMILES string of the molecule is O=C1CCCCN1[C@H]1CC[C@@](COCc2cc(C(F)(F)F)cc(C(F)(F)F)c2)(c2ccccc2)NC1. The molecular weight excluding hydrogens is 486 g/mol. The van der Waals surface area contributed by atoms with E-state index in [1.165, 1.54) is 0 Å². The molecule has 4 rings (SSSR count). The zero-order valence-corrected chi connectivity index (χ0v) is 19.6. The average molecular weight is 515 g/mol. The molecule has 0 unspecified atom stereocenters. The molecule has 2 aliphatic heterocycles. The predicted molar refractivity (Wildman–Crippen MR) is 121 cm³/mol. The van der Waals surface area contributed by atoms with Crippen LogP contribution in [0.15, 0.2) is 48.5 Å². The molecule has 2 atom stereocenters. The number of halogens is 6. The number of benzene rings is 2. The minimum atomic E-state index is -4.91. The summed E-state index contributed by atoms with van der Waals surface area (Å²) in [5, 5.41) is 3.50. The van der Waals surface area contributed by atoms with Crippen molar-refractivity contribution < 1.29 is 35.9 Å². The highest BCUT2D eigenvalue weighted by Gasteiger charge is 2.40. The molecule has 4 nitrogen and oxygen atoms in total. The fourth-order valence-corrected chi connectivity index (χ4v) is 5.05. The third-order valence-corrected chi connectivity index (χ3v) is 6.97. The first kappa shape index (κ1) is 26.5. The Balaban J connectivity index is 1.50. The van der Waals surface area contributed by atoms with Crippen LogP contribution < -0.4 is 5.32 Å². The minimum absolute atomic E-state index is 0.0347. The van der Waals surface area contributed by atoms with E-state index >= 15 is 0 Å². The smallest absolute Gasteiger partial charge is 0.374 e. The van der Waals surface area contributed by atoms with Gasteiger partial charge in [0.05, 0.1) is 29.9 Å². The average Bonchev–Trinajstić information content (AvgIpc) is 2.84. The van der Waals surface area contributed by atoms with Gasteiger partial charge in [0.25, 0.3) is 0 Å². The molecule has 10 heteroatoms. The Bertz CT molecular complexity index is 1010. The zero-order valence-electron chi connectivity index (χ0n) is 19.6. The van der Waals surface area contributed by atoms with Crippen LogP contribution >= 0.6 is 0 Å². The second-order valence-corrected chi connectivity index (χ2v) is 9.47. The van der Waals surface area contributed by atoms with Crippen LogP contribution in [-0.2, 0) is 34.0 Å². The molecule has 0 bridgehead atoms. The van der Waals surface area contributed by atoms with Crippen molar-refractivity contribution >= 4 is 5.91 Å². The number of likely N-dealkylation sites (tertiary alicyclic amines) is 1. The number of amides is 1. The lowest BCUT2D eigenvalue weighted by Crippen LogP contribution is -2.58. The van der Waals surface area contributed by atoms with Crippen molar-refractivity contribution in [1.29, 1.82) is 0 Å². The van der Waals surface area contributed by atoms with Crippen LogP contribution in [0.3, 0.4) is 0 Å². The van der Waals surface area contributed by atoms with E-state index in [9.17, 15) is 31.1 Å². The Morgan fingerprint density at radius 2 is 1.64 bits per heavy atom. The van der Waals surface area contributed by atoms with Crippen LogP contribution in [0.5, 0.6) is 0 Å². The summed E-state index contributed by atoms with van der Waals surface area (Å²) >= 11 is 0. The maximum atomic E-state index is 13.2. The number of alkyl halides is 6. The van der Waals surface area contributed by atoms with Crippen molar-refractivity contribution in [3.05, 3.63) is 70.8 Å². The number of nitrogens with zero attached hydrogens (tertiary/aromatic N) is 1. The molecule has 0 radical (unpaired) electrons. The number of carbonyl (C=O) groups excluding carboxylic acids is 1. The van der Waals surface area contributed by atoms with Gasteiger partial charge in [-0.1, -0.05) is 30.3 Å². The molecule has 0 spiro atoms. The van der Waals surface area contributed by atoms with Crippen LogP contribution in [0.2, 0.25) is 0 Å². The van der Waals surface area contributed by atoms with E-state index in [1.807, 2.05) is 35.2 Å². The highest BCUT2D eigenvalue weighted by Crippen LogP contribution is 2.37. The van der Waals surface area contributed by atoms with E-state index in [2.05, 4.69) is 5.32 Å². The summed E-state index contributed by atoms with van der Waals surface area (Å²) in [6.07, 6.45) is -6.11. The number of piperidine rings is 2. The molecule has 1 amide bonds. The molecule has 2 aromatic carbocycles. The van der Waals surface area contributed by atoms with Crippen molar-refractivity contribution in [3.8, 4) is 0 Å². The summed E-state index contributed by atoms with van der Waals surface area (Å²) in [6, 6.07) is 10.9. The second kappa shape index (κ2) is 10.4. The fraction of sp³-hybridized carbons (Fsp3) is 0.500. The first-order valence-electron chi connectivity index (χ1n) is 11.9. The second-order valence-electron chi connectivity index (χ2n) is 9.47. The first-order chi connectivity index (χ1) is 17.0. The number of hydrogen-bond acceptors (Lipinski definition) is 3. The summed E-state index contributed by atoms with van der Waals surface area (Å²) in [4.78, 5) is 14.3. The Morgan fingerprint density at radius 1 is 0.972 bits per heavy atom. The minimum Gasteiger partial charge on any atom is -0.374 e. The van der Waals surface area contributed by atoms with Gasteiger partial charge in [0.2, 0.25) is 5.91 Å². The van der Waals surface area contributed by atoms with E-state index in [1.54, 1.807) is 0 Å². The fourth-order valence-electron chi connectivity index (χ4n) is 5.05. The Morgan fingerprint density at radius 3 is 2.19 bits per heavy atom. The molecule has 0 aliphatic carbocycles. The van der Waals surface area contributed by atoms with Gasteiger partial charge < -0.3 is 15.0 Å². The van der Waals surface area contributed by atoms with E-state index < -0.39 is 35.6 Å². The number of rotatable bonds is 6. The molecule has 0 saturated carbocycles. The summed E-state index contributed by atoms with van der Waals surface area (Å²) in [5.41, 5.74) is -2.69. The van der Waals surface area contributed by atoms with Gasteiger partial charge in [-0.2, -0.15) is 26.3 Å². The van der Waals surface area contributed by atoms with Crippen molar-refractivity contribution in [2.75, 3.05) is 19.7 Å². The van der Waals surface area contributed by atoms with Gasteiger partial charge in [-0.05, 0) is 55.0 Å². The van der Waals surface area contributed by atoms with Crippen LogP contribution in [-0.4, -0.2) is 36.5 Å². The molecule has 2 aromatic rings. The standard InChI is InChI=1S/C26H28F6N2O2/c27-25(28,29)20-12-18(13-21(14-20)26(30,31)32)16-36-17-24(19-6-2-1-3-7-19)10-9-22(15-33-24)34-11-5-4-8-23(34)35/h1-3,6-7,12-14,22,33H,4-5,8-11,15-17H2/t22-,24+/m0/s1. The number of nitrogens with one attached hydrogen (secondary N) is 1. The molecule has 2 saturated heterocycles. The molecule has 1 N–H and O–H groups in total. The predicted octanol–water partition coefficient (Wildman–Crippen LogP) is 5.90. The van der Waals surface area contributed by atoms with Crippen LogP contribution in [0.1, 0.15) is 54.4 Å². The largest absolute Gasteiger partial charge is 0.416 e. The molecular formula is C26H28F6N2O2. The summed E-state index contributed by atoms with van der Waals surface area (Å²) < 4.78 is 85.0. The summed E-state index contributed by atoms with van der Waals surface area (Å²) in [5.74, 6) is 0.140. The Kier molecular flexibility index (Phi) is 7.66. The molecule has 196 valence electrons. The van der Waals surface area contributed by atoms with Crippen molar-refractivity contribution in [1.82, 2.24) is 10.2 Å². The zero-order chi connectivity index (χ0) is 26.0. The molecule has 2 heterocycles. The maximum Gasteiger partial charge on any atom is 0.416 e. The van der Waals surface area contributed by atoms with Crippen LogP contribution in [0, 0.1) is 0 Å². The van der Waals surface area contributed by atoms with Gasteiger partial charge in [-0.3, -0.25) is 4.79 Å². The quantitative estimate of drug-likeness (QED) is 0.488. The molecule has 2 aliphatic rings. The van der Waals surface area contributed by atoms with Crippen molar-refractivity contribution in [3.63, 3.8) is 0 Å². The summed E-state index contributed by atoms with van der Waals surface area (Å²) in [6.45, 7) is 0.884. The third-order valence-electron chi connectivity index (χ3n) is 6.97. The van der Waals surface area contributed by atoms with E-state index in [4.69, 9.17) is 4.74 Å². The van der Waals surface area contributed by atoms with Crippen LogP contribution in [0.4, 0.5) is 26.3 Å². The Hall–Kier alpha value is -2.59. The van der Waals surface area contributed by atoms with Gasteiger partial charge in [-0.25, -0.2) is 0 Å². The van der Waals surface area contributed by atoms with Gasteiger partial charge in [0, 0.05) is 25.6 Å². The summed E-state index contributed by atoms with van der Waals surface area (Å²) in [7, 11) is 0. The van der Waals surface area contributed by atoms with Crippen molar-refractivity contribution in [2.24, 2.45) is 0 Å². The lowest BCUT2D eigenvalue weighted by atomic mass is 9.81. The van der Waals surface area contributed by atoms with Crippen LogP contribution in [0.25, 0.3) is 0 Å². The highest BCUT2D eigenvalue weighted by atomic mass is 19.4. The first-order valence-corrected chi connectivity index (χ1v) is 11.9. The topological polar surface area (TPSA) is 41.6 Å². The van der Waals surface area contributed by atoms with Crippen molar-refractivity contribution in [2.45, 2.75) is 62.6 Å². The molecule has 36 heavy (non-hydrogen) atoms. The van der Waals surface area contributed by atoms with E-state index in [0.29, 0.717) is 37.9 Å². The lowest BCUT2D eigenvalue weighted by molar-refractivity contribution is -0.143. The number of hydrogen-bond donors (Lipinski definition) is 1. The Labute approximate surface area is 205 Å². The highest BCUT2D eigenvalue weighted by molar-refractivity contribution is 5.77. The van der Waals surface area contributed by atoms with Gasteiger partial charge in [0.15, 0.2) is 0 Å². The third kappa shape index (κ3) is 6.03. The van der Waals surface area contributed by atoms with Gasteiger partial charge in [0.1, 0.15) is 0 Å². The van der Waals surface area contributed by atoms with E-state index in [0.717, 1.165) is 24.9 Å². The van der Waals surface area contributed by atoms with E-state index in [-0.39, 0.29) is 30.2 Å². The van der Waals surface area contributed by atoms with Gasteiger partial charge >= 0.3 is 12.4 Å². The lowest BCUT2D eigenvalue weighted by Gasteiger charge is -2.45.